The van der Waals surface area contributed by atoms with E-state index < -0.39 is 0 Å². The molecule has 0 saturated carbocycles. The molecule has 6 nitrogen and oxygen atoms in total. The Balaban J connectivity index is 1.51. The summed E-state index contributed by atoms with van der Waals surface area (Å²) in [4.78, 5) is 40.3. The summed E-state index contributed by atoms with van der Waals surface area (Å²) in [7, 11) is 0. The largest absolute Gasteiger partial charge is 0.356 e. The Morgan fingerprint density at radius 3 is 2.78 bits per heavy atom. The fourth-order valence-corrected chi connectivity index (χ4v) is 4.07. The van der Waals surface area contributed by atoms with E-state index in [9.17, 15) is 14.4 Å². The molecule has 3 heterocycles. The maximum Gasteiger partial charge on any atom is 0.228 e. The van der Waals surface area contributed by atoms with Crippen LogP contribution in [0.3, 0.4) is 0 Å². The zero-order valence-corrected chi connectivity index (χ0v) is 13.8. The molecule has 6 heteroatoms. The lowest BCUT2D eigenvalue weighted by Gasteiger charge is -2.32. The van der Waals surface area contributed by atoms with E-state index in [0.717, 1.165) is 51.6 Å². The van der Waals surface area contributed by atoms with Crippen molar-refractivity contribution in [2.45, 2.75) is 51.4 Å². The predicted octanol–water partition coefficient (Wildman–Crippen LogP) is 0.908. The van der Waals surface area contributed by atoms with Crippen molar-refractivity contribution in [1.29, 1.82) is 0 Å². The first-order chi connectivity index (χ1) is 11.1. The zero-order chi connectivity index (χ0) is 16.3. The van der Waals surface area contributed by atoms with E-state index in [2.05, 4.69) is 5.32 Å². The van der Waals surface area contributed by atoms with Crippen LogP contribution in [0.4, 0.5) is 0 Å². The van der Waals surface area contributed by atoms with Gasteiger partial charge in [0.05, 0.1) is 5.41 Å². The molecule has 0 aromatic rings. The van der Waals surface area contributed by atoms with Crippen molar-refractivity contribution < 1.29 is 14.4 Å². The Bertz CT molecular complexity index is 493. The second kappa shape index (κ2) is 6.89. The van der Waals surface area contributed by atoms with E-state index in [1.54, 1.807) is 0 Å². The van der Waals surface area contributed by atoms with E-state index in [0.29, 0.717) is 32.5 Å². The summed E-state index contributed by atoms with van der Waals surface area (Å²) in [6.45, 7) is 3.27. The Labute approximate surface area is 137 Å². The Morgan fingerprint density at radius 2 is 1.96 bits per heavy atom. The highest BCUT2D eigenvalue weighted by molar-refractivity contribution is 5.86. The SMILES string of the molecule is O=C1CCCCCN1CCC(=O)N1CCC2(CCCNC2=O)C1. The van der Waals surface area contributed by atoms with Gasteiger partial charge < -0.3 is 15.1 Å². The molecule has 3 amide bonds. The lowest BCUT2D eigenvalue weighted by atomic mass is 9.79. The van der Waals surface area contributed by atoms with Crippen molar-refractivity contribution in [1.82, 2.24) is 15.1 Å². The van der Waals surface area contributed by atoms with Gasteiger partial charge >= 0.3 is 0 Å². The van der Waals surface area contributed by atoms with Gasteiger partial charge in [0.1, 0.15) is 0 Å². The molecule has 128 valence electrons. The molecular weight excluding hydrogens is 294 g/mol. The van der Waals surface area contributed by atoms with Crippen LogP contribution in [0.15, 0.2) is 0 Å². The van der Waals surface area contributed by atoms with Gasteiger partial charge in [-0.25, -0.2) is 0 Å². The first kappa shape index (κ1) is 16.3. The third-order valence-electron chi connectivity index (χ3n) is 5.57. The molecule has 0 aliphatic carbocycles. The minimum absolute atomic E-state index is 0.0808. The van der Waals surface area contributed by atoms with Crippen LogP contribution in [0.2, 0.25) is 0 Å². The highest BCUT2D eigenvalue weighted by atomic mass is 16.2. The maximum atomic E-state index is 12.5. The third kappa shape index (κ3) is 3.51. The molecule has 3 aliphatic heterocycles. The molecule has 0 radical (unpaired) electrons. The topological polar surface area (TPSA) is 69.7 Å². The lowest BCUT2D eigenvalue weighted by molar-refractivity contribution is -0.135. The van der Waals surface area contributed by atoms with E-state index in [1.807, 2.05) is 9.80 Å². The fraction of sp³-hybridized carbons (Fsp3) is 0.824. The number of likely N-dealkylation sites (tertiary alicyclic amines) is 2. The molecule has 0 aromatic carbocycles. The van der Waals surface area contributed by atoms with Crippen LogP contribution < -0.4 is 5.32 Å². The second-order valence-electron chi connectivity index (χ2n) is 7.15. The summed E-state index contributed by atoms with van der Waals surface area (Å²) >= 11 is 0. The summed E-state index contributed by atoms with van der Waals surface area (Å²) < 4.78 is 0. The van der Waals surface area contributed by atoms with Crippen LogP contribution in [0.1, 0.15) is 51.4 Å². The monoisotopic (exact) mass is 321 g/mol. The van der Waals surface area contributed by atoms with Crippen molar-refractivity contribution in [3.05, 3.63) is 0 Å². The normalized spacial score (nSPS) is 28.9. The number of nitrogens with one attached hydrogen (secondary N) is 1. The quantitative estimate of drug-likeness (QED) is 0.840. The number of piperidine rings is 1. The molecule has 0 bridgehead atoms. The Kier molecular flexibility index (Phi) is 4.87. The Hall–Kier alpha value is -1.59. The third-order valence-corrected chi connectivity index (χ3v) is 5.57. The molecule has 1 unspecified atom stereocenters. The van der Waals surface area contributed by atoms with Crippen molar-refractivity contribution >= 4 is 17.7 Å². The standard InChI is InChI=1S/C17H27N3O3/c21-14-5-2-1-3-10-19(14)11-6-15(22)20-12-8-17(13-20)7-4-9-18-16(17)23/h1-13H2,(H,18,23). The van der Waals surface area contributed by atoms with Gasteiger partial charge in [-0.3, -0.25) is 14.4 Å². The van der Waals surface area contributed by atoms with E-state index >= 15 is 0 Å². The van der Waals surface area contributed by atoms with Crippen molar-refractivity contribution in [2.75, 3.05) is 32.7 Å². The van der Waals surface area contributed by atoms with Crippen LogP contribution in [0.25, 0.3) is 0 Å². The first-order valence-corrected chi connectivity index (χ1v) is 8.95. The molecule has 1 atom stereocenters. The Morgan fingerprint density at radius 1 is 1.09 bits per heavy atom. The number of hydrogen-bond donors (Lipinski definition) is 1. The highest BCUT2D eigenvalue weighted by Gasteiger charge is 2.46. The molecule has 3 aliphatic rings. The van der Waals surface area contributed by atoms with Gasteiger partial charge in [-0.15, -0.1) is 0 Å². The van der Waals surface area contributed by atoms with Gasteiger partial charge in [0.2, 0.25) is 17.7 Å². The molecule has 1 N–H and O–H groups in total. The van der Waals surface area contributed by atoms with E-state index in [1.165, 1.54) is 0 Å². The van der Waals surface area contributed by atoms with Crippen LogP contribution in [0, 0.1) is 5.41 Å². The average Bonchev–Trinajstić information content (AvgIpc) is 2.87. The number of amides is 3. The molecule has 0 aromatic heterocycles. The van der Waals surface area contributed by atoms with Crippen LogP contribution in [-0.2, 0) is 14.4 Å². The summed E-state index contributed by atoms with van der Waals surface area (Å²) in [6.07, 6.45) is 6.74. The molecular formula is C17H27N3O3. The molecule has 3 saturated heterocycles. The minimum atomic E-state index is -0.355. The van der Waals surface area contributed by atoms with Gasteiger partial charge in [0.25, 0.3) is 0 Å². The highest BCUT2D eigenvalue weighted by Crippen LogP contribution is 2.37. The van der Waals surface area contributed by atoms with Crippen molar-refractivity contribution in [3.8, 4) is 0 Å². The van der Waals surface area contributed by atoms with Crippen LogP contribution in [0.5, 0.6) is 0 Å². The first-order valence-electron chi connectivity index (χ1n) is 8.95. The molecule has 1 spiro atoms. The smallest absolute Gasteiger partial charge is 0.228 e. The van der Waals surface area contributed by atoms with Crippen LogP contribution in [-0.4, -0.2) is 60.2 Å². The fourth-order valence-electron chi connectivity index (χ4n) is 4.07. The van der Waals surface area contributed by atoms with Crippen LogP contribution >= 0.6 is 0 Å². The van der Waals surface area contributed by atoms with Gasteiger partial charge in [-0.05, 0) is 32.1 Å². The number of rotatable bonds is 3. The summed E-state index contributed by atoms with van der Waals surface area (Å²) in [6, 6.07) is 0. The van der Waals surface area contributed by atoms with E-state index in [-0.39, 0.29) is 23.1 Å². The van der Waals surface area contributed by atoms with Gasteiger partial charge in [-0.1, -0.05) is 6.42 Å². The maximum absolute atomic E-state index is 12.5. The van der Waals surface area contributed by atoms with E-state index in [4.69, 9.17) is 0 Å². The molecule has 3 rings (SSSR count). The van der Waals surface area contributed by atoms with Gasteiger partial charge in [0, 0.05) is 45.6 Å². The second-order valence-corrected chi connectivity index (χ2v) is 7.15. The molecule has 3 fully saturated rings. The zero-order valence-electron chi connectivity index (χ0n) is 13.8. The summed E-state index contributed by atoms with van der Waals surface area (Å²) in [5.74, 6) is 0.374. The van der Waals surface area contributed by atoms with Crippen molar-refractivity contribution in [3.63, 3.8) is 0 Å². The number of hydrogen-bond acceptors (Lipinski definition) is 3. The van der Waals surface area contributed by atoms with Crippen molar-refractivity contribution in [2.24, 2.45) is 5.41 Å². The number of nitrogens with zero attached hydrogens (tertiary/aromatic N) is 2. The van der Waals surface area contributed by atoms with Gasteiger partial charge in [-0.2, -0.15) is 0 Å². The minimum Gasteiger partial charge on any atom is -0.356 e. The summed E-state index contributed by atoms with van der Waals surface area (Å²) in [5, 5.41) is 2.94. The summed E-state index contributed by atoms with van der Waals surface area (Å²) in [5.41, 5.74) is -0.355. The predicted molar refractivity (Wildman–Crippen MR) is 85.5 cm³/mol. The van der Waals surface area contributed by atoms with Gasteiger partial charge in [0.15, 0.2) is 0 Å². The lowest BCUT2D eigenvalue weighted by Crippen LogP contribution is -2.48. The molecule has 23 heavy (non-hydrogen) atoms. The number of carbonyl (C=O) groups excluding carboxylic acids is 3. The number of carbonyl (C=O) groups is 3. The average molecular weight is 321 g/mol.